The molecule has 2 aliphatic heterocycles. The molecule has 2 unspecified atom stereocenters. The third kappa shape index (κ3) is 1.81. The lowest BCUT2D eigenvalue weighted by Gasteiger charge is -2.22. The molecule has 4 heterocycles. The van der Waals surface area contributed by atoms with Crippen LogP contribution >= 0.6 is 0 Å². The Bertz CT molecular complexity index is 622. The summed E-state index contributed by atoms with van der Waals surface area (Å²) in [4.78, 5) is 18.8. The fourth-order valence-electron chi connectivity index (χ4n) is 3.48. The molecule has 7 nitrogen and oxygen atoms in total. The van der Waals surface area contributed by atoms with E-state index in [-0.39, 0.29) is 0 Å². The fraction of sp³-hybridized carbons (Fsp3) is 0.615. The molecule has 2 saturated heterocycles. The standard InChI is InChI=1S/C13H19N7/c1-14-13-18-11-10(15-7-16-11)12(19-13)17-8-4-6-20-5-2-3-9(8)20/h7-9H,2-6H2,1H3,(H3,14,15,16,17,18,19). The molecule has 2 fully saturated rings. The van der Waals surface area contributed by atoms with Crippen LogP contribution in [0.15, 0.2) is 6.33 Å². The number of imidazole rings is 1. The van der Waals surface area contributed by atoms with E-state index in [1.807, 2.05) is 7.05 Å². The summed E-state index contributed by atoms with van der Waals surface area (Å²) in [6, 6.07) is 1.13. The molecule has 0 bridgehead atoms. The van der Waals surface area contributed by atoms with Crippen molar-refractivity contribution in [1.29, 1.82) is 0 Å². The maximum absolute atomic E-state index is 4.55. The summed E-state index contributed by atoms with van der Waals surface area (Å²) in [6.07, 6.45) is 5.45. The van der Waals surface area contributed by atoms with E-state index in [9.17, 15) is 0 Å². The zero-order valence-electron chi connectivity index (χ0n) is 11.6. The van der Waals surface area contributed by atoms with E-state index in [2.05, 4.69) is 35.5 Å². The molecule has 106 valence electrons. The molecule has 4 rings (SSSR count). The first-order valence-corrected chi connectivity index (χ1v) is 7.24. The lowest BCUT2D eigenvalue weighted by atomic mass is 10.1. The van der Waals surface area contributed by atoms with Crippen molar-refractivity contribution in [3.63, 3.8) is 0 Å². The monoisotopic (exact) mass is 273 g/mol. The van der Waals surface area contributed by atoms with Crippen LogP contribution < -0.4 is 10.6 Å². The van der Waals surface area contributed by atoms with Crippen molar-refractivity contribution in [3.05, 3.63) is 6.33 Å². The van der Waals surface area contributed by atoms with Crippen LogP contribution in [0.3, 0.4) is 0 Å². The third-order valence-electron chi connectivity index (χ3n) is 4.44. The zero-order chi connectivity index (χ0) is 13.5. The Balaban J connectivity index is 1.66. The number of nitrogens with one attached hydrogen (secondary N) is 3. The Labute approximate surface area is 117 Å². The van der Waals surface area contributed by atoms with Crippen LogP contribution in [0.2, 0.25) is 0 Å². The summed E-state index contributed by atoms with van der Waals surface area (Å²) in [5, 5.41) is 6.61. The van der Waals surface area contributed by atoms with Crippen molar-refractivity contribution < 1.29 is 0 Å². The summed E-state index contributed by atoms with van der Waals surface area (Å²) in [6.45, 7) is 2.44. The van der Waals surface area contributed by atoms with Gasteiger partial charge in [0.1, 0.15) is 5.52 Å². The summed E-state index contributed by atoms with van der Waals surface area (Å²) < 4.78 is 0. The van der Waals surface area contributed by atoms with Gasteiger partial charge in [-0.2, -0.15) is 9.97 Å². The number of hydrogen-bond acceptors (Lipinski definition) is 6. The van der Waals surface area contributed by atoms with Crippen LogP contribution in [-0.2, 0) is 0 Å². The second kappa shape index (κ2) is 4.59. The zero-order valence-corrected chi connectivity index (χ0v) is 11.6. The highest BCUT2D eigenvalue weighted by molar-refractivity contribution is 5.83. The number of fused-ring (bicyclic) bond motifs is 2. The van der Waals surface area contributed by atoms with Crippen molar-refractivity contribution in [1.82, 2.24) is 24.8 Å². The lowest BCUT2D eigenvalue weighted by molar-refractivity contribution is 0.318. The van der Waals surface area contributed by atoms with Crippen LogP contribution in [-0.4, -0.2) is 57.1 Å². The Hall–Kier alpha value is -1.89. The van der Waals surface area contributed by atoms with E-state index in [1.165, 1.54) is 32.4 Å². The van der Waals surface area contributed by atoms with E-state index >= 15 is 0 Å². The average Bonchev–Trinajstić information content (AvgIpc) is 3.15. The first kappa shape index (κ1) is 11.9. The van der Waals surface area contributed by atoms with Gasteiger partial charge in [0.2, 0.25) is 5.95 Å². The maximum Gasteiger partial charge on any atom is 0.226 e. The second-order valence-corrected chi connectivity index (χ2v) is 5.53. The molecule has 0 aromatic carbocycles. The van der Waals surface area contributed by atoms with Gasteiger partial charge in [-0.05, 0) is 25.8 Å². The molecule has 0 amide bonds. The molecule has 0 radical (unpaired) electrons. The molecule has 2 aliphatic rings. The highest BCUT2D eigenvalue weighted by atomic mass is 15.3. The minimum Gasteiger partial charge on any atom is -0.364 e. The van der Waals surface area contributed by atoms with E-state index in [4.69, 9.17) is 0 Å². The van der Waals surface area contributed by atoms with E-state index in [0.717, 1.165) is 11.3 Å². The smallest absolute Gasteiger partial charge is 0.226 e. The molecule has 0 saturated carbocycles. The molecule has 0 spiro atoms. The van der Waals surface area contributed by atoms with Gasteiger partial charge in [0.15, 0.2) is 11.5 Å². The topological polar surface area (TPSA) is 81.8 Å². The van der Waals surface area contributed by atoms with Crippen LogP contribution in [0.1, 0.15) is 19.3 Å². The van der Waals surface area contributed by atoms with E-state index in [0.29, 0.717) is 23.7 Å². The maximum atomic E-state index is 4.55. The minimum absolute atomic E-state index is 0.476. The van der Waals surface area contributed by atoms with Gasteiger partial charge in [-0.1, -0.05) is 0 Å². The summed E-state index contributed by atoms with van der Waals surface area (Å²) >= 11 is 0. The van der Waals surface area contributed by atoms with E-state index < -0.39 is 0 Å². The number of aromatic nitrogens is 4. The molecule has 3 N–H and O–H groups in total. The number of aromatic amines is 1. The van der Waals surface area contributed by atoms with Gasteiger partial charge < -0.3 is 15.6 Å². The van der Waals surface area contributed by atoms with Gasteiger partial charge >= 0.3 is 0 Å². The molecular formula is C13H19N7. The quantitative estimate of drug-likeness (QED) is 0.775. The van der Waals surface area contributed by atoms with E-state index in [1.54, 1.807) is 6.33 Å². The van der Waals surface area contributed by atoms with Gasteiger partial charge in [-0.3, -0.25) is 4.90 Å². The van der Waals surface area contributed by atoms with Gasteiger partial charge in [0.25, 0.3) is 0 Å². The Morgan fingerprint density at radius 2 is 2.25 bits per heavy atom. The third-order valence-corrected chi connectivity index (χ3v) is 4.44. The first-order valence-electron chi connectivity index (χ1n) is 7.24. The van der Waals surface area contributed by atoms with Crippen molar-refractivity contribution in [2.45, 2.75) is 31.3 Å². The molecule has 2 atom stereocenters. The van der Waals surface area contributed by atoms with Crippen molar-refractivity contribution in [3.8, 4) is 0 Å². The predicted molar refractivity (Wildman–Crippen MR) is 77.9 cm³/mol. The SMILES string of the molecule is CNc1nc(NC2CCN3CCCC23)c2[nH]cnc2n1. The van der Waals surface area contributed by atoms with Crippen molar-refractivity contribution in [2.24, 2.45) is 0 Å². The van der Waals surface area contributed by atoms with Crippen molar-refractivity contribution in [2.75, 3.05) is 30.8 Å². The minimum atomic E-state index is 0.476. The van der Waals surface area contributed by atoms with Crippen molar-refractivity contribution >= 4 is 22.9 Å². The van der Waals surface area contributed by atoms with Crippen LogP contribution in [0.25, 0.3) is 11.2 Å². The predicted octanol–water partition coefficient (Wildman–Crippen LogP) is 1.04. The molecule has 2 aromatic rings. The molecule has 2 aromatic heterocycles. The number of rotatable bonds is 3. The Morgan fingerprint density at radius 3 is 3.15 bits per heavy atom. The normalized spacial score (nSPS) is 26.1. The Kier molecular flexibility index (Phi) is 2.73. The summed E-state index contributed by atoms with van der Waals surface area (Å²) in [7, 11) is 1.83. The Morgan fingerprint density at radius 1 is 1.30 bits per heavy atom. The number of nitrogens with zero attached hydrogens (tertiary/aromatic N) is 4. The molecule has 0 aliphatic carbocycles. The molecule has 20 heavy (non-hydrogen) atoms. The number of hydrogen-bond donors (Lipinski definition) is 3. The van der Waals surface area contributed by atoms with Crippen LogP contribution in [0.4, 0.5) is 11.8 Å². The second-order valence-electron chi connectivity index (χ2n) is 5.53. The van der Waals surface area contributed by atoms with Gasteiger partial charge in [-0.15, -0.1) is 0 Å². The fourth-order valence-corrected chi connectivity index (χ4v) is 3.48. The highest BCUT2D eigenvalue weighted by Gasteiger charge is 2.37. The number of H-pyrrole nitrogens is 1. The largest absolute Gasteiger partial charge is 0.364 e. The highest BCUT2D eigenvalue weighted by Crippen LogP contribution is 2.31. The van der Waals surface area contributed by atoms with Gasteiger partial charge in [0.05, 0.1) is 6.33 Å². The summed E-state index contributed by atoms with van der Waals surface area (Å²) in [5.74, 6) is 1.46. The first-order chi connectivity index (χ1) is 9.85. The van der Waals surface area contributed by atoms with Crippen LogP contribution in [0, 0.1) is 0 Å². The van der Waals surface area contributed by atoms with Gasteiger partial charge in [-0.25, -0.2) is 4.98 Å². The van der Waals surface area contributed by atoms with Crippen LogP contribution in [0.5, 0.6) is 0 Å². The summed E-state index contributed by atoms with van der Waals surface area (Å²) in [5.41, 5.74) is 1.59. The number of anilines is 2. The average molecular weight is 273 g/mol. The molecule has 7 heteroatoms. The lowest BCUT2D eigenvalue weighted by Crippen LogP contribution is -2.34. The molecular weight excluding hydrogens is 254 g/mol. The van der Waals surface area contributed by atoms with Gasteiger partial charge in [0, 0.05) is 25.7 Å².